The Morgan fingerprint density at radius 2 is 2.00 bits per heavy atom. The summed E-state index contributed by atoms with van der Waals surface area (Å²) in [6.07, 6.45) is 1.28. The lowest BCUT2D eigenvalue weighted by atomic mass is 10.2. The van der Waals surface area contributed by atoms with Crippen molar-refractivity contribution in [2.75, 3.05) is 5.75 Å². The number of alkyl halides is 3. The summed E-state index contributed by atoms with van der Waals surface area (Å²) in [6.45, 7) is 1.06. The third-order valence-electron chi connectivity index (χ3n) is 3.60. The van der Waals surface area contributed by atoms with E-state index in [4.69, 9.17) is 4.42 Å². The predicted octanol–water partition coefficient (Wildman–Crippen LogP) is 3.79. The summed E-state index contributed by atoms with van der Waals surface area (Å²) in [7, 11) is -3.71. The van der Waals surface area contributed by atoms with Gasteiger partial charge in [0.1, 0.15) is 11.2 Å². The van der Waals surface area contributed by atoms with Gasteiger partial charge in [0.25, 0.3) is 0 Å². The molecule has 0 aliphatic rings. The van der Waals surface area contributed by atoms with Gasteiger partial charge in [-0.1, -0.05) is 6.92 Å². The van der Waals surface area contributed by atoms with Gasteiger partial charge in [0, 0.05) is 11.1 Å². The second kappa shape index (κ2) is 7.13. The normalized spacial score (nSPS) is 12.6. The minimum Gasteiger partial charge on any atom is -0.435 e. The molecule has 0 aliphatic carbocycles. The van der Waals surface area contributed by atoms with Crippen molar-refractivity contribution in [3.8, 4) is 11.6 Å². The second-order valence-electron chi connectivity index (χ2n) is 5.45. The van der Waals surface area contributed by atoms with Crippen LogP contribution in [0.3, 0.4) is 0 Å². The Morgan fingerprint density at radius 3 is 2.63 bits per heavy atom. The van der Waals surface area contributed by atoms with Gasteiger partial charge in [-0.2, -0.15) is 13.2 Å². The van der Waals surface area contributed by atoms with E-state index in [1.54, 1.807) is 0 Å². The monoisotopic (exact) mass is 418 g/mol. The summed E-state index contributed by atoms with van der Waals surface area (Å²) in [5, 5.41) is 9.23. The summed E-state index contributed by atoms with van der Waals surface area (Å²) >= 11 is -0.284. The molecule has 0 bridgehead atoms. The van der Waals surface area contributed by atoms with Crippen LogP contribution in [0.5, 0.6) is 0 Å². The Hall–Kier alpha value is -2.11. The molecule has 3 rings (SSSR count). The van der Waals surface area contributed by atoms with Crippen molar-refractivity contribution in [1.29, 1.82) is 0 Å². The van der Waals surface area contributed by atoms with Crippen LogP contribution in [-0.4, -0.2) is 34.8 Å². The number of oxazole rings is 1. The van der Waals surface area contributed by atoms with Gasteiger partial charge < -0.3 is 9.52 Å². The summed E-state index contributed by atoms with van der Waals surface area (Å²) < 4.78 is 67.8. The van der Waals surface area contributed by atoms with Gasteiger partial charge in [0.15, 0.2) is 15.4 Å². The maximum atomic E-state index is 12.5. The highest BCUT2D eigenvalue weighted by atomic mass is 32.2. The van der Waals surface area contributed by atoms with Crippen LogP contribution in [0.25, 0.3) is 22.7 Å². The smallest absolute Gasteiger partial charge is 0.435 e. The fourth-order valence-electron chi connectivity index (χ4n) is 2.33. The van der Waals surface area contributed by atoms with Crippen molar-refractivity contribution in [1.82, 2.24) is 9.97 Å². The van der Waals surface area contributed by atoms with E-state index in [1.807, 2.05) is 0 Å². The van der Waals surface area contributed by atoms with E-state index >= 15 is 0 Å². The second-order valence-corrected chi connectivity index (χ2v) is 8.83. The largest absolute Gasteiger partial charge is 0.446 e. The summed E-state index contributed by atoms with van der Waals surface area (Å²) in [4.78, 5) is 7.90. The van der Waals surface area contributed by atoms with Gasteiger partial charge in [-0.3, -0.25) is 0 Å². The van der Waals surface area contributed by atoms with Gasteiger partial charge in [-0.05, 0) is 41.6 Å². The molecule has 0 aliphatic heterocycles. The lowest BCUT2D eigenvalue weighted by molar-refractivity contribution is -0.0328. The molecule has 0 saturated heterocycles. The zero-order chi connectivity index (χ0) is 19.8. The number of aliphatic hydroxyl groups excluding tert-OH is 1. The van der Waals surface area contributed by atoms with Gasteiger partial charge in [-0.15, -0.1) is 0 Å². The Bertz CT molecular complexity index is 1090. The number of rotatable bonds is 5. The van der Waals surface area contributed by atoms with Crippen LogP contribution in [0.1, 0.15) is 12.5 Å². The number of hydrogen-bond donors (Lipinski definition) is 1. The number of aromatic nitrogens is 2. The van der Waals surface area contributed by atoms with E-state index in [1.165, 1.54) is 37.4 Å². The van der Waals surface area contributed by atoms with Crippen molar-refractivity contribution in [2.45, 2.75) is 28.8 Å². The number of thioether (sulfide) groups is 1. The van der Waals surface area contributed by atoms with E-state index in [0.717, 1.165) is 0 Å². The van der Waals surface area contributed by atoms with Crippen molar-refractivity contribution < 1.29 is 31.1 Å². The Kier molecular flexibility index (Phi) is 5.19. The quantitative estimate of drug-likeness (QED) is 0.630. The van der Waals surface area contributed by atoms with Crippen molar-refractivity contribution >= 4 is 32.7 Å². The van der Waals surface area contributed by atoms with Crippen molar-refractivity contribution in [2.24, 2.45) is 0 Å². The van der Waals surface area contributed by atoms with Gasteiger partial charge >= 0.3 is 5.51 Å². The number of halogens is 3. The van der Waals surface area contributed by atoms with E-state index < -0.39 is 22.0 Å². The van der Waals surface area contributed by atoms with E-state index in [2.05, 4.69) is 9.97 Å². The third-order valence-corrected chi connectivity index (χ3v) is 6.06. The van der Waals surface area contributed by atoms with Crippen LogP contribution >= 0.6 is 11.8 Å². The predicted molar refractivity (Wildman–Crippen MR) is 92.8 cm³/mol. The summed E-state index contributed by atoms with van der Waals surface area (Å²) in [5.74, 6) is -0.334. The molecule has 3 aromatic rings. The lowest BCUT2D eigenvalue weighted by Crippen LogP contribution is -2.08. The van der Waals surface area contributed by atoms with E-state index in [0.29, 0.717) is 5.56 Å². The summed E-state index contributed by atoms with van der Waals surface area (Å²) in [5.41, 5.74) is -3.86. The first-order chi connectivity index (χ1) is 12.6. The van der Waals surface area contributed by atoms with Gasteiger partial charge in [0.05, 0.1) is 17.3 Å². The zero-order valence-electron chi connectivity index (χ0n) is 13.8. The first kappa shape index (κ1) is 19.6. The molecule has 1 N–H and O–H groups in total. The maximum absolute atomic E-state index is 12.5. The zero-order valence-corrected chi connectivity index (χ0v) is 15.5. The standard InChI is InChI=1S/C16H13F3N2O4S2/c1-2-27(23,24)13-5-9(8-22)7-20-14(13)15-21-11-6-10(26-16(17,18)19)3-4-12(11)25-15/h3-7,22H,2,8H2,1H3. The lowest BCUT2D eigenvalue weighted by Gasteiger charge is -2.07. The fraction of sp³-hybridized carbons (Fsp3) is 0.250. The summed E-state index contributed by atoms with van der Waals surface area (Å²) in [6, 6.07) is 5.05. The molecule has 0 spiro atoms. The van der Waals surface area contributed by atoms with Crippen LogP contribution in [0.2, 0.25) is 0 Å². The molecule has 0 unspecified atom stereocenters. The highest BCUT2D eigenvalue weighted by Crippen LogP contribution is 2.38. The molecule has 1 aromatic carbocycles. The van der Waals surface area contributed by atoms with Crippen LogP contribution in [0.4, 0.5) is 13.2 Å². The van der Waals surface area contributed by atoms with Crippen LogP contribution in [-0.2, 0) is 16.4 Å². The molecule has 11 heteroatoms. The molecule has 6 nitrogen and oxygen atoms in total. The minimum atomic E-state index is -4.44. The molecule has 2 heterocycles. The molecule has 27 heavy (non-hydrogen) atoms. The van der Waals surface area contributed by atoms with Gasteiger partial charge in [-0.25, -0.2) is 18.4 Å². The molecule has 144 valence electrons. The molecular formula is C16H13F3N2O4S2. The van der Waals surface area contributed by atoms with Crippen LogP contribution in [0.15, 0.2) is 44.7 Å². The molecule has 0 atom stereocenters. The van der Waals surface area contributed by atoms with Crippen molar-refractivity contribution in [3.05, 3.63) is 36.0 Å². The molecule has 0 amide bonds. The Labute approximate surface area is 156 Å². The average molecular weight is 418 g/mol. The topological polar surface area (TPSA) is 93.3 Å². The Morgan fingerprint density at radius 1 is 1.26 bits per heavy atom. The minimum absolute atomic E-state index is 0.0599. The highest BCUT2D eigenvalue weighted by Gasteiger charge is 2.29. The molecule has 0 fully saturated rings. The number of fused-ring (bicyclic) bond motifs is 1. The van der Waals surface area contributed by atoms with Crippen LogP contribution < -0.4 is 0 Å². The fourth-order valence-corrected chi connectivity index (χ4v) is 3.98. The first-order valence-corrected chi connectivity index (χ1v) is 10.1. The maximum Gasteiger partial charge on any atom is 0.446 e. The number of sulfone groups is 1. The molecule has 2 aromatic heterocycles. The number of nitrogens with zero attached hydrogens (tertiary/aromatic N) is 2. The number of pyridine rings is 1. The van der Waals surface area contributed by atoms with Crippen LogP contribution in [0, 0.1) is 0 Å². The van der Waals surface area contributed by atoms with Gasteiger partial charge in [0.2, 0.25) is 5.89 Å². The number of benzene rings is 1. The number of hydrogen-bond acceptors (Lipinski definition) is 7. The SMILES string of the molecule is CCS(=O)(=O)c1cc(CO)cnc1-c1nc2cc(SC(F)(F)F)ccc2o1. The highest BCUT2D eigenvalue weighted by molar-refractivity contribution is 8.00. The molecule has 0 saturated carbocycles. The van der Waals surface area contributed by atoms with E-state index in [-0.39, 0.29) is 50.0 Å². The first-order valence-electron chi connectivity index (χ1n) is 7.62. The Balaban J connectivity index is 2.12. The third kappa shape index (κ3) is 4.25. The van der Waals surface area contributed by atoms with E-state index in [9.17, 15) is 26.7 Å². The van der Waals surface area contributed by atoms with Crippen molar-refractivity contribution in [3.63, 3.8) is 0 Å². The molecular weight excluding hydrogens is 405 g/mol. The number of aliphatic hydroxyl groups is 1. The average Bonchev–Trinajstić information content (AvgIpc) is 3.02. The molecule has 0 radical (unpaired) electrons.